The summed E-state index contributed by atoms with van der Waals surface area (Å²) in [5.74, 6) is -0.296. The molecule has 0 unspecified atom stereocenters. The maximum Gasteiger partial charge on any atom is 0.264 e. The van der Waals surface area contributed by atoms with Crippen LogP contribution in [0.4, 0.5) is 4.39 Å². The highest BCUT2D eigenvalue weighted by atomic mass is 32.1. The third kappa shape index (κ3) is 3.48. The summed E-state index contributed by atoms with van der Waals surface area (Å²) in [5.41, 5.74) is 2.89. The van der Waals surface area contributed by atoms with Gasteiger partial charge in [0.15, 0.2) is 0 Å². The molecule has 0 bridgehead atoms. The van der Waals surface area contributed by atoms with Crippen molar-refractivity contribution in [3.8, 4) is 11.1 Å². The Morgan fingerprint density at radius 1 is 1.04 bits per heavy atom. The summed E-state index contributed by atoms with van der Waals surface area (Å²) in [6.45, 7) is 0.450. The van der Waals surface area contributed by atoms with E-state index in [-0.39, 0.29) is 11.7 Å². The topological polar surface area (TPSA) is 20.3 Å². The Balaban J connectivity index is 1.81. The molecule has 2 nitrogen and oxygen atoms in total. The van der Waals surface area contributed by atoms with Gasteiger partial charge in [0.1, 0.15) is 5.82 Å². The van der Waals surface area contributed by atoms with E-state index in [1.807, 2.05) is 41.8 Å². The van der Waals surface area contributed by atoms with Crippen LogP contribution in [0, 0.1) is 5.82 Å². The van der Waals surface area contributed by atoms with Gasteiger partial charge in [0.25, 0.3) is 5.91 Å². The summed E-state index contributed by atoms with van der Waals surface area (Å²) < 4.78 is 13.0. The second-order valence-electron chi connectivity index (χ2n) is 5.32. The van der Waals surface area contributed by atoms with E-state index in [1.54, 1.807) is 24.1 Å². The zero-order valence-electron chi connectivity index (χ0n) is 12.7. The smallest absolute Gasteiger partial charge is 0.264 e. The molecule has 1 amide bonds. The van der Waals surface area contributed by atoms with Crippen LogP contribution < -0.4 is 0 Å². The van der Waals surface area contributed by atoms with Gasteiger partial charge in [-0.25, -0.2) is 4.39 Å². The second-order valence-corrected chi connectivity index (χ2v) is 6.23. The quantitative estimate of drug-likeness (QED) is 0.673. The first-order valence-corrected chi connectivity index (χ1v) is 8.16. The first-order chi connectivity index (χ1) is 11.1. The third-order valence-electron chi connectivity index (χ3n) is 3.62. The number of carbonyl (C=O) groups is 1. The minimum Gasteiger partial charge on any atom is -0.337 e. The molecule has 1 aromatic heterocycles. The minimum absolute atomic E-state index is 0.0248. The van der Waals surface area contributed by atoms with Gasteiger partial charge in [0.05, 0.1) is 4.88 Å². The summed E-state index contributed by atoms with van der Waals surface area (Å²) in [5, 5.41) is 1.93. The van der Waals surface area contributed by atoms with Crippen LogP contribution in [0.15, 0.2) is 66.0 Å². The average Bonchev–Trinajstić information content (AvgIpc) is 3.06. The fraction of sp³-hybridized carbons (Fsp3) is 0.105. The van der Waals surface area contributed by atoms with Gasteiger partial charge in [-0.2, -0.15) is 0 Å². The van der Waals surface area contributed by atoms with Crippen molar-refractivity contribution in [1.82, 2.24) is 4.90 Å². The number of rotatable bonds is 4. The van der Waals surface area contributed by atoms with Crippen LogP contribution in [0.5, 0.6) is 0 Å². The summed E-state index contributed by atoms with van der Waals surface area (Å²) in [7, 11) is 1.76. The molecule has 0 fully saturated rings. The van der Waals surface area contributed by atoms with Crippen molar-refractivity contribution in [3.63, 3.8) is 0 Å². The Labute approximate surface area is 138 Å². The Kier molecular flexibility index (Phi) is 4.53. The number of benzene rings is 2. The molecule has 0 saturated carbocycles. The number of hydrogen-bond acceptors (Lipinski definition) is 2. The monoisotopic (exact) mass is 325 g/mol. The minimum atomic E-state index is -0.271. The molecule has 3 aromatic rings. The van der Waals surface area contributed by atoms with E-state index in [4.69, 9.17) is 0 Å². The molecule has 3 rings (SSSR count). The molecule has 0 N–H and O–H groups in total. The molecule has 0 aliphatic rings. The van der Waals surface area contributed by atoms with Crippen LogP contribution in [0.2, 0.25) is 0 Å². The predicted molar refractivity (Wildman–Crippen MR) is 92.0 cm³/mol. The molecule has 0 radical (unpaired) electrons. The number of hydrogen-bond donors (Lipinski definition) is 0. The second kappa shape index (κ2) is 6.75. The van der Waals surface area contributed by atoms with E-state index < -0.39 is 0 Å². The third-order valence-corrected chi connectivity index (χ3v) is 4.53. The van der Waals surface area contributed by atoms with Gasteiger partial charge >= 0.3 is 0 Å². The van der Waals surface area contributed by atoms with Crippen LogP contribution in [0.25, 0.3) is 11.1 Å². The summed E-state index contributed by atoms with van der Waals surface area (Å²) in [4.78, 5) is 15.1. The molecular formula is C19H16FNOS. The molecule has 116 valence electrons. The van der Waals surface area contributed by atoms with E-state index in [0.717, 1.165) is 21.6 Å². The van der Waals surface area contributed by atoms with Crippen molar-refractivity contribution in [2.24, 2.45) is 0 Å². The lowest BCUT2D eigenvalue weighted by Crippen LogP contribution is -2.25. The fourth-order valence-corrected chi connectivity index (χ4v) is 3.34. The van der Waals surface area contributed by atoms with Crippen molar-refractivity contribution in [2.45, 2.75) is 6.54 Å². The van der Waals surface area contributed by atoms with Crippen molar-refractivity contribution < 1.29 is 9.18 Å². The van der Waals surface area contributed by atoms with E-state index in [2.05, 4.69) is 0 Å². The van der Waals surface area contributed by atoms with E-state index in [0.29, 0.717) is 6.54 Å². The number of thiophene rings is 1. The highest BCUT2D eigenvalue weighted by molar-refractivity contribution is 7.12. The van der Waals surface area contributed by atoms with Gasteiger partial charge in [-0.05, 0) is 34.7 Å². The van der Waals surface area contributed by atoms with Gasteiger partial charge in [-0.15, -0.1) is 11.3 Å². The molecule has 0 atom stereocenters. The Morgan fingerprint density at radius 2 is 1.74 bits per heavy atom. The lowest BCUT2D eigenvalue weighted by atomic mass is 10.1. The molecular weight excluding hydrogens is 309 g/mol. The molecule has 0 aliphatic carbocycles. The zero-order chi connectivity index (χ0) is 16.2. The van der Waals surface area contributed by atoms with Gasteiger partial charge in [-0.1, -0.05) is 42.5 Å². The summed E-state index contributed by atoms with van der Waals surface area (Å²) >= 11 is 1.44. The lowest BCUT2D eigenvalue weighted by molar-refractivity contribution is 0.0790. The SMILES string of the molecule is CN(Cc1ccc(F)cc1)C(=O)c1sccc1-c1ccccc1. The molecule has 0 aliphatic heterocycles. The normalized spacial score (nSPS) is 10.5. The van der Waals surface area contributed by atoms with E-state index >= 15 is 0 Å². The lowest BCUT2D eigenvalue weighted by Gasteiger charge is -2.17. The van der Waals surface area contributed by atoms with Crippen molar-refractivity contribution in [3.05, 3.63) is 82.3 Å². The van der Waals surface area contributed by atoms with Gasteiger partial charge in [0.2, 0.25) is 0 Å². The Bertz CT molecular complexity index is 796. The Morgan fingerprint density at radius 3 is 2.43 bits per heavy atom. The van der Waals surface area contributed by atoms with Crippen molar-refractivity contribution >= 4 is 17.2 Å². The highest BCUT2D eigenvalue weighted by Gasteiger charge is 2.18. The van der Waals surface area contributed by atoms with Gasteiger partial charge in [0, 0.05) is 19.2 Å². The molecule has 23 heavy (non-hydrogen) atoms. The van der Waals surface area contributed by atoms with Crippen LogP contribution in [-0.4, -0.2) is 17.9 Å². The highest BCUT2D eigenvalue weighted by Crippen LogP contribution is 2.29. The Hall–Kier alpha value is -2.46. The summed E-state index contributed by atoms with van der Waals surface area (Å²) in [6, 6.07) is 18.1. The zero-order valence-corrected chi connectivity index (χ0v) is 13.5. The van der Waals surface area contributed by atoms with Gasteiger partial charge in [-0.3, -0.25) is 4.79 Å². The van der Waals surface area contributed by atoms with Crippen molar-refractivity contribution in [2.75, 3.05) is 7.05 Å². The van der Waals surface area contributed by atoms with Crippen LogP contribution in [-0.2, 0) is 6.54 Å². The first kappa shape index (κ1) is 15.4. The van der Waals surface area contributed by atoms with Crippen molar-refractivity contribution in [1.29, 1.82) is 0 Å². The van der Waals surface area contributed by atoms with E-state index in [9.17, 15) is 9.18 Å². The number of nitrogens with zero attached hydrogens (tertiary/aromatic N) is 1. The predicted octanol–water partition coefficient (Wildman–Crippen LogP) is 4.83. The van der Waals surface area contributed by atoms with Crippen LogP contribution in [0.1, 0.15) is 15.2 Å². The maximum absolute atomic E-state index is 13.0. The van der Waals surface area contributed by atoms with Gasteiger partial charge < -0.3 is 4.90 Å². The number of amides is 1. The summed E-state index contributed by atoms with van der Waals surface area (Å²) in [6.07, 6.45) is 0. The molecule has 0 saturated heterocycles. The van der Waals surface area contributed by atoms with Crippen LogP contribution in [0.3, 0.4) is 0 Å². The fourth-order valence-electron chi connectivity index (χ4n) is 2.43. The van der Waals surface area contributed by atoms with Crippen LogP contribution >= 0.6 is 11.3 Å². The average molecular weight is 325 g/mol. The largest absolute Gasteiger partial charge is 0.337 e. The molecule has 4 heteroatoms. The number of carbonyl (C=O) groups excluding carboxylic acids is 1. The van der Waals surface area contributed by atoms with E-state index in [1.165, 1.54) is 23.5 Å². The number of halogens is 1. The molecule has 2 aromatic carbocycles. The molecule has 1 heterocycles. The standard InChI is InChI=1S/C19H16FNOS/c1-21(13-14-7-9-16(20)10-8-14)19(22)18-17(11-12-23-18)15-5-3-2-4-6-15/h2-12H,13H2,1H3. The first-order valence-electron chi connectivity index (χ1n) is 7.28. The maximum atomic E-state index is 13.0. The molecule has 0 spiro atoms.